The van der Waals surface area contributed by atoms with Crippen molar-refractivity contribution < 1.29 is 29.3 Å². The number of ketones is 1. The van der Waals surface area contributed by atoms with Crippen molar-refractivity contribution in [2.24, 2.45) is 11.8 Å². The van der Waals surface area contributed by atoms with Crippen LogP contribution >= 0.6 is 0 Å². The van der Waals surface area contributed by atoms with E-state index in [-0.39, 0.29) is 30.0 Å². The zero-order valence-electron chi connectivity index (χ0n) is 18.6. The Morgan fingerprint density at radius 1 is 1.24 bits per heavy atom. The van der Waals surface area contributed by atoms with Crippen molar-refractivity contribution in [1.82, 2.24) is 0 Å². The smallest absolute Gasteiger partial charge is 0.305 e. The fraction of sp³-hybridized carbons (Fsp3) is 0.826. The monoisotopic (exact) mass is 412 g/mol. The van der Waals surface area contributed by atoms with Crippen LogP contribution in [0.5, 0.6) is 0 Å². The van der Waals surface area contributed by atoms with Gasteiger partial charge in [0.1, 0.15) is 11.9 Å². The number of carbonyl (C=O) groups excluding carboxylic acids is 2. The van der Waals surface area contributed by atoms with Gasteiger partial charge in [0, 0.05) is 31.8 Å². The number of aliphatic hydroxyl groups excluding tert-OH is 2. The van der Waals surface area contributed by atoms with Crippen LogP contribution in [0.1, 0.15) is 78.1 Å². The summed E-state index contributed by atoms with van der Waals surface area (Å²) in [5, 5.41) is 21.0. The average molecular weight is 413 g/mol. The summed E-state index contributed by atoms with van der Waals surface area (Å²) in [5.41, 5.74) is -0.671. The minimum Gasteiger partial charge on any atom is -0.469 e. The minimum absolute atomic E-state index is 0.0942. The van der Waals surface area contributed by atoms with E-state index in [1.54, 1.807) is 13.2 Å². The first-order chi connectivity index (χ1) is 13.8. The molecule has 0 amide bonds. The summed E-state index contributed by atoms with van der Waals surface area (Å²) in [5.74, 6) is -0.570. The van der Waals surface area contributed by atoms with Crippen LogP contribution in [0.3, 0.4) is 0 Å². The Hall–Kier alpha value is -1.24. The molecule has 6 heteroatoms. The standard InChI is InChI=1S/C23H40O6/c1-5-6-15-23(2,29-4)21(26)14-13-18-17(19(24)16-20(18)25)11-9-7-8-10-12-22(27)28-3/h13-14,17-18,20-21,25-26H,5-12,15-16H2,1-4H3/t17-,18-,20?,21?,23?/m1/s1. The molecule has 1 fully saturated rings. The first-order valence-electron chi connectivity index (χ1n) is 11.0. The van der Waals surface area contributed by atoms with E-state index < -0.39 is 17.8 Å². The molecule has 0 radical (unpaired) electrons. The van der Waals surface area contributed by atoms with Crippen molar-refractivity contribution in [2.75, 3.05) is 14.2 Å². The maximum Gasteiger partial charge on any atom is 0.305 e. The molecule has 3 unspecified atom stereocenters. The van der Waals surface area contributed by atoms with Gasteiger partial charge < -0.3 is 19.7 Å². The van der Waals surface area contributed by atoms with Crippen molar-refractivity contribution in [3.8, 4) is 0 Å². The lowest BCUT2D eigenvalue weighted by atomic mass is 9.86. The molecule has 1 aliphatic carbocycles. The van der Waals surface area contributed by atoms with Crippen LogP contribution in [0, 0.1) is 11.8 Å². The molecule has 6 nitrogen and oxygen atoms in total. The van der Waals surface area contributed by atoms with Gasteiger partial charge in [-0.25, -0.2) is 0 Å². The molecule has 1 aliphatic rings. The maximum absolute atomic E-state index is 12.3. The second kappa shape index (κ2) is 13.1. The van der Waals surface area contributed by atoms with Gasteiger partial charge in [0.25, 0.3) is 0 Å². The number of rotatable bonds is 14. The molecule has 0 aromatic rings. The van der Waals surface area contributed by atoms with E-state index in [0.717, 1.165) is 51.4 Å². The predicted molar refractivity (Wildman–Crippen MR) is 112 cm³/mol. The summed E-state index contributed by atoms with van der Waals surface area (Å²) in [6, 6.07) is 0. The Balaban J connectivity index is 2.57. The summed E-state index contributed by atoms with van der Waals surface area (Å²) in [6.45, 7) is 3.98. The zero-order chi connectivity index (χ0) is 21.9. The van der Waals surface area contributed by atoms with Crippen LogP contribution in [0.25, 0.3) is 0 Å². The fourth-order valence-corrected chi connectivity index (χ4v) is 4.02. The number of Topliss-reactive ketones (excluding diaryl/α,β-unsaturated/α-hetero) is 1. The Morgan fingerprint density at radius 2 is 1.93 bits per heavy atom. The first-order valence-corrected chi connectivity index (χ1v) is 11.0. The second-order valence-electron chi connectivity index (χ2n) is 8.40. The van der Waals surface area contributed by atoms with Crippen molar-refractivity contribution in [2.45, 2.75) is 95.9 Å². The fourth-order valence-electron chi connectivity index (χ4n) is 4.02. The van der Waals surface area contributed by atoms with Crippen LogP contribution in [0.2, 0.25) is 0 Å². The minimum atomic E-state index is -0.791. The van der Waals surface area contributed by atoms with E-state index >= 15 is 0 Å². The summed E-state index contributed by atoms with van der Waals surface area (Å²) in [4.78, 5) is 23.5. The van der Waals surface area contributed by atoms with Gasteiger partial charge in [0.2, 0.25) is 0 Å². The third-order valence-corrected chi connectivity index (χ3v) is 6.24. The number of carbonyl (C=O) groups is 2. The summed E-state index contributed by atoms with van der Waals surface area (Å²) in [7, 11) is 2.99. The maximum atomic E-state index is 12.3. The zero-order valence-corrected chi connectivity index (χ0v) is 18.6. The summed E-state index contributed by atoms with van der Waals surface area (Å²) < 4.78 is 10.2. The normalized spacial score (nSPS) is 25.3. The Morgan fingerprint density at radius 3 is 2.55 bits per heavy atom. The quantitative estimate of drug-likeness (QED) is 0.257. The van der Waals surface area contributed by atoms with Crippen molar-refractivity contribution in [3.63, 3.8) is 0 Å². The highest BCUT2D eigenvalue weighted by Gasteiger charge is 2.40. The van der Waals surface area contributed by atoms with E-state index in [4.69, 9.17) is 4.74 Å². The number of methoxy groups -OCH3 is 2. The van der Waals surface area contributed by atoms with E-state index in [2.05, 4.69) is 11.7 Å². The molecule has 0 aromatic carbocycles. The average Bonchev–Trinajstić information content (AvgIpc) is 2.98. The molecule has 168 valence electrons. The summed E-state index contributed by atoms with van der Waals surface area (Å²) in [6.07, 6.45) is 9.58. The van der Waals surface area contributed by atoms with Crippen LogP contribution in [-0.2, 0) is 19.1 Å². The summed E-state index contributed by atoms with van der Waals surface area (Å²) >= 11 is 0. The Kier molecular flexibility index (Phi) is 11.7. The van der Waals surface area contributed by atoms with Crippen molar-refractivity contribution >= 4 is 11.8 Å². The highest BCUT2D eigenvalue weighted by Crippen LogP contribution is 2.35. The van der Waals surface area contributed by atoms with Gasteiger partial charge in [0.15, 0.2) is 0 Å². The highest BCUT2D eigenvalue weighted by molar-refractivity contribution is 5.84. The van der Waals surface area contributed by atoms with E-state index in [0.29, 0.717) is 6.42 Å². The molecule has 29 heavy (non-hydrogen) atoms. The third kappa shape index (κ3) is 8.19. The predicted octanol–water partition coefficient (Wildman–Crippen LogP) is 3.58. The number of esters is 1. The van der Waals surface area contributed by atoms with Crippen LogP contribution in [0.15, 0.2) is 12.2 Å². The Labute approximate surface area is 175 Å². The number of ether oxygens (including phenoxy) is 2. The Bertz CT molecular complexity index is 531. The van der Waals surface area contributed by atoms with Crippen LogP contribution in [0.4, 0.5) is 0 Å². The highest BCUT2D eigenvalue weighted by atomic mass is 16.5. The molecule has 5 atom stereocenters. The largest absolute Gasteiger partial charge is 0.469 e. The number of hydrogen-bond acceptors (Lipinski definition) is 6. The van der Waals surface area contributed by atoms with Crippen molar-refractivity contribution in [3.05, 3.63) is 12.2 Å². The third-order valence-electron chi connectivity index (χ3n) is 6.24. The molecule has 0 aromatic heterocycles. The van der Waals surface area contributed by atoms with E-state index in [1.165, 1.54) is 7.11 Å². The molecule has 0 aliphatic heterocycles. The van der Waals surface area contributed by atoms with Gasteiger partial charge in [-0.05, 0) is 26.2 Å². The van der Waals surface area contributed by atoms with Crippen LogP contribution < -0.4 is 0 Å². The number of unbranched alkanes of at least 4 members (excludes halogenated alkanes) is 4. The molecule has 0 bridgehead atoms. The molecule has 0 heterocycles. The lowest BCUT2D eigenvalue weighted by molar-refractivity contribution is -0.140. The van der Waals surface area contributed by atoms with Gasteiger partial charge >= 0.3 is 5.97 Å². The molecular weight excluding hydrogens is 372 g/mol. The first kappa shape index (κ1) is 25.8. The lowest BCUT2D eigenvalue weighted by Crippen LogP contribution is -2.40. The molecule has 2 N–H and O–H groups in total. The van der Waals surface area contributed by atoms with Gasteiger partial charge in [-0.2, -0.15) is 0 Å². The van der Waals surface area contributed by atoms with Crippen LogP contribution in [-0.4, -0.2) is 54.0 Å². The molecule has 0 spiro atoms. The number of hydrogen-bond donors (Lipinski definition) is 2. The second-order valence-corrected chi connectivity index (χ2v) is 8.40. The van der Waals surface area contributed by atoms with E-state index in [9.17, 15) is 19.8 Å². The SMILES string of the molecule is CCCCC(C)(OC)C(O)C=C[C@H]1C(O)CC(=O)[C@@H]1CCCCCCC(=O)OC. The molecular formula is C23H40O6. The molecule has 0 saturated heterocycles. The van der Waals surface area contributed by atoms with Gasteiger partial charge in [-0.1, -0.05) is 51.2 Å². The van der Waals surface area contributed by atoms with Crippen molar-refractivity contribution in [1.29, 1.82) is 0 Å². The molecule has 1 saturated carbocycles. The lowest BCUT2D eigenvalue weighted by Gasteiger charge is -2.32. The topological polar surface area (TPSA) is 93.1 Å². The molecule has 1 rings (SSSR count). The van der Waals surface area contributed by atoms with Gasteiger partial charge in [0.05, 0.1) is 18.8 Å². The van der Waals surface area contributed by atoms with Gasteiger partial charge in [-0.15, -0.1) is 0 Å². The van der Waals surface area contributed by atoms with Gasteiger partial charge in [-0.3, -0.25) is 9.59 Å². The number of aliphatic hydroxyl groups is 2. The van der Waals surface area contributed by atoms with E-state index in [1.807, 2.05) is 13.0 Å².